The minimum Gasteiger partial charge on any atom is -0.360 e. The first-order chi connectivity index (χ1) is 8.07. The summed E-state index contributed by atoms with van der Waals surface area (Å²) in [5, 5.41) is 10.2. The number of halogens is 2. The third-order valence-corrected chi connectivity index (χ3v) is 2.93. The summed E-state index contributed by atoms with van der Waals surface area (Å²) in [6.45, 7) is 0. The molecule has 4 heteroatoms. The van der Waals surface area contributed by atoms with Crippen molar-refractivity contribution in [3.63, 3.8) is 0 Å². The Hall–Kier alpha value is -1.16. The zero-order valence-corrected chi connectivity index (χ0v) is 9.99. The van der Waals surface area contributed by atoms with Crippen LogP contribution in [0, 0.1) is 0 Å². The van der Waals surface area contributed by atoms with Crippen LogP contribution in [0.2, 0.25) is 0 Å². The monoisotopic (exact) mass is 254 g/mol. The van der Waals surface area contributed by atoms with Crippen LogP contribution in [-0.4, -0.2) is 24.2 Å². The summed E-state index contributed by atoms with van der Waals surface area (Å²) >= 11 is 5.87. The van der Waals surface area contributed by atoms with Gasteiger partial charge in [0.05, 0.1) is 0 Å². The van der Waals surface area contributed by atoms with E-state index in [0.29, 0.717) is 11.1 Å². The molecule has 1 N–H and O–H groups in total. The van der Waals surface area contributed by atoms with E-state index in [9.17, 15) is 9.50 Å². The molecule has 0 aromatic heterocycles. The largest absolute Gasteiger partial charge is 0.360 e. The number of ether oxygens (including phenoxy) is 1. The van der Waals surface area contributed by atoms with E-state index in [-0.39, 0.29) is 5.03 Å². The van der Waals surface area contributed by atoms with Gasteiger partial charge in [-0.2, -0.15) is 0 Å². The number of hydrogen-bond acceptors (Lipinski definition) is 2. The molecule has 1 aliphatic rings. The lowest BCUT2D eigenvalue weighted by Gasteiger charge is -2.31. The first kappa shape index (κ1) is 12.3. The van der Waals surface area contributed by atoms with Gasteiger partial charge in [-0.1, -0.05) is 41.9 Å². The van der Waals surface area contributed by atoms with Crippen molar-refractivity contribution in [2.45, 2.75) is 12.0 Å². The highest BCUT2D eigenvalue weighted by Crippen LogP contribution is 2.36. The minimum absolute atomic E-state index is 0.252. The molecule has 0 heterocycles. The van der Waals surface area contributed by atoms with Gasteiger partial charge in [0, 0.05) is 17.7 Å². The number of benzene rings is 1. The highest BCUT2D eigenvalue weighted by Gasteiger charge is 2.41. The van der Waals surface area contributed by atoms with Crippen LogP contribution in [0.15, 0.2) is 47.5 Å². The molecule has 0 radical (unpaired) electrons. The first-order valence-electron chi connectivity index (χ1n) is 5.14. The summed E-state index contributed by atoms with van der Waals surface area (Å²) in [4.78, 5) is 0. The Bertz CT molecular complexity index is 470. The van der Waals surface area contributed by atoms with Crippen LogP contribution in [0.4, 0.5) is 4.39 Å². The van der Waals surface area contributed by atoms with Gasteiger partial charge in [0.1, 0.15) is 0 Å². The van der Waals surface area contributed by atoms with Crippen LogP contribution in [0.3, 0.4) is 0 Å². The molecule has 90 valence electrons. The summed E-state index contributed by atoms with van der Waals surface area (Å²) in [7, 11) is 1.24. The summed E-state index contributed by atoms with van der Waals surface area (Å²) < 4.78 is 19.0. The van der Waals surface area contributed by atoms with Gasteiger partial charge in [0.15, 0.2) is 6.17 Å². The third-order valence-electron chi connectivity index (χ3n) is 2.71. The molecule has 2 nitrogen and oxygen atoms in total. The van der Waals surface area contributed by atoms with Crippen molar-refractivity contribution in [2.24, 2.45) is 0 Å². The maximum Gasteiger partial charge on any atom is 0.223 e. The second kappa shape index (κ2) is 4.61. The fourth-order valence-corrected chi connectivity index (χ4v) is 2.05. The molecule has 17 heavy (non-hydrogen) atoms. The molecular weight excluding hydrogens is 243 g/mol. The van der Waals surface area contributed by atoms with Crippen LogP contribution in [-0.2, 0) is 4.74 Å². The molecular formula is C13H12ClFO2. The highest BCUT2D eigenvalue weighted by atomic mass is 35.5. The van der Waals surface area contributed by atoms with Gasteiger partial charge < -0.3 is 9.84 Å². The molecule has 0 bridgehead atoms. The number of allylic oxidation sites excluding steroid dienone is 2. The van der Waals surface area contributed by atoms with Crippen LogP contribution >= 0.6 is 11.6 Å². The summed E-state index contributed by atoms with van der Waals surface area (Å²) in [6.07, 6.45) is 0.984. The van der Waals surface area contributed by atoms with Crippen molar-refractivity contribution in [3.05, 3.63) is 53.1 Å². The average molecular weight is 255 g/mol. The molecule has 2 atom stereocenters. The number of aliphatic hydroxyl groups is 1. The molecule has 0 aliphatic heterocycles. The van der Waals surface area contributed by atoms with Crippen molar-refractivity contribution in [2.75, 3.05) is 7.11 Å². The Morgan fingerprint density at radius 2 is 2.00 bits per heavy atom. The average Bonchev–Trinajstić information content (AvgIpc) is 2.35. The van der Waals surface area contributed by atoms with Crippen molar-refractivity contribution < 1.29 is 14.2 Å². The predicted molar refractivity (Wildman–Crippen MR) is 65.2 cm³/mol. The summed E-state index contributed by atoms with van der Waals surface area (Å²) in [5.74, 6) is -2.00. The molecule has 1 aliphatic carbocycles. The number of rotatable bonds is 2. The fraction of sp³-hybridized carbons (Fsp3) is 0.231. The zero-order valence-electron chi connectivity index (χ0n) is 9.23. The number of alkyl halides is 1. The second-order valence-corrected chi connectivity index (χ2v) is 4.25. The van der Waals surface area contributed by atoms with E-state index in [1.54, 1.807) is 24.3 Å². The third kappa shape index (κ3) is 2.27. The molecule has 0 amide bonds. The highest BCUT2D eigenvalue weighted by molar-refractivity contribution is 6.32. The number of methoxy groups -OCH3 is 1. The minimum atomic E-state index is -2.00. The Labute approximate surface area is 104 Å². The maximum atomic E-state index is 14.2. The smallest absolute Gasteiger partial charge is 0.223 e. The van der Waals surface area contributed by atoms with Gasteiger partial charge in [0.2, 0.25) is 5.79 Å². The topological polar surface area (TPSA) is 29.5 Å². The van der Waals surface area contributed by atoms with E-state index >= 15 is 0 Å². The SMILES string of the molecule is COC1(O)C=C(Cl)C=C(c2ccccc2)C1F. The van der Waals surface area contributed by atoms with Crippen LogP contribution in [0.25, 0.3) is 5.57 Å². The molecule has 2 unspecified atom stereocenters. The quantitative estimate of drug-likeness (QED) is 0.823. The lowest BCUT2D eigenvalue weighted by atomic mass is 9.91. The number of hydrogen-bond donors (Lipinski definition) is 1. The van der Waals surface area contributed by atoms with E-state index in [2.05, 4.69) is 0 Å². The molecule has 0 saturated heterocycles. The molecule has 0 saturated carbocycles. The Balaban J connectivity index is 2.45. The fourth-order valence-electron chi connectivity index (χ4n) is 1.78. The van der Waals surface area contributed by atoms with Crippen molar-refractivity contribution >= 4 is 17.2 Å². The van der Waals surface area contributed by atoms with Crippen LogP contribution in [0.5, 0.6) is 0 Å². The van der Waals surface area contributed by atoms with Gasteiger partial charge in [-0.25, -0.2) is 4.39 Å². The van der Waals surface area contributed by atoms with E-state index in [1.807, 2.05) is 6.07 Å². The van der Waals surface area contributed by atoms with Crippen LogP contribution < -0.4 is 0 Å². The Morgan fingerprint density at radius 3 is 2.59 bits per heavy atom. The van der Waals surface area contributed by atoms with E-state index in [4.69, 9.17) is 16.3 Å². The Kier molecular flexibility index (Phi) is 3.33. The summed E-state index contributed by atoms with van der Waals surface area (Å²) in [5.41, 5.74) is 0.976. The molecule has 0 fully saturated rings. The predicted octanol–water partition coefficient (Wildman–Crippen LogP) is 2.88. The van der Waals surface area contributed by atoms with E-state index in [1.165, 1.54) is 13.2 Å². The van der Waals surface area contributed by atoms with E-state index in [0.717, 1.165) is 6.08 Å². The van der Waals surface area contributed by atoms with Gasteiger partial charge in [0.25, 0.3) is 0 Å². The van der Waals surface area contributed by atoms with Gasteiger partial charge in [-0.05, 0) is 17.7 Å². The van der Waals surface area contributed by atoms with Crippen molar-refractivity contribution in [3.8, 4) is 0 Å². The standard InChI is InChI=1S/C13H12ClFO2/c1-17-13(16)8-10(14)7-11(12(13)15)9-5-3-2-4-6-9/h2-8,12,16H,1H3. The van der Waals surface area contributed by atoms with Crippen molar-refractivity contribution in [1.29, 1.82) is 0 Å². The lowest BCUT2D eigenvalue weighted by Crippen LogP contribution is -2.42. The molecule has 1 aromatic rings. The first-order valence-corrected chi connectivity index (χ1v) is 5.51. The van der Waals surface area contributed by atoms with Crippen molar-refractivity contribution in [1.82, 2.24) is 0 Å². The van der Waals surface area contributed by atoms with Gasteiger partial charge in [-0.15, -0.1) is 0 Å². The molecule has 1 aromatic carbocycles. The van der Waals surface area contributed by atoms with E-state index < -0.39 is 12.0 Å². The Morgan fingerprint density at radius 1 is 1.35 bits per heavy atom. The van der Waals surface area contributed by atoms with Gasteiger partial charge in [-0.3, -0.25) is 0 Å². The summed E-state index contributed by atoms with van der Waals surface area (Å²) in [6, 6.07) is 8.93. The van der Waals surface area contributed by atoms with Gasteiger partial charge >= 0.3 is 0 Å². The maximum absolute atomic E-state index is 14.2. The second-order valence-electron chi connectivity index (χ2n) is 3.81. The zero-order chi connectivity index (χ0) is 12.5. The van der Waals surface area contributed by atoms with Crippen LogP contribution in [0.1, 0.15) is 5.56 Å². The normalized spacial score (nSPS) is 28.6. The molecule has 2 rings (SSSR count). The molecule has 0 spiro atoms. The lowest BCUT2D eigenvalue weighted by molar-refractivity contribution is -0.175.